The molecule has 2 aromatic carbocycles. The quantitative estimate of drug-likeness (QED) is 0.301. The Kier molecular flexibility index (Phi) is 5.32. The van der Waals surface area contributed by atoms with Gasteiger partial charge in [-0.25, -0.2) is 4.98 Å². The van der Waals surface area contributed by atoms with E-state index in [9.17, 15) is 14.0 Å². The number of hydrogen-bond donors (Lipinski definition) is 1. The lowest BCUT2D eigenvalue weighted by atomic mass is 10.1. The molecule has 2 amide bonds. The Morgan fingerprint density at radius 2 is 1.67 bits per heavy atom. The number of carbonyl (C=O) groups is 2. The van der Waals surface area contributed by atoms with E-state index in [-0.39, 0.29) is 16.2 Å². The van der Waals surface area contributed by atoms with Gasteiger partial charge >= 0.3 is 0 Å². The molecule has 0 radical (unpaired) electrons. The maximum atomic E-state index is 13.9. The van der Waals surface area contributed by atoms with Crippen molar-refractivity contribution in [1.82, 2.24) is 10.3 Å². The predicted molar refractivity (Wildman–Crippen MR) is 113 cm³/mol. The Labute approximate surface area is 176 Å². The average molecular weight is 419 g/mol. The molecule has 0 saturated carbocycles. The van der Waals surface area contributed by atoms with Crippen molar-refractivity contribution in [2.75, 3.05) is 4.90 Å². The standard InChI is InChI=1S/C22H14FN3O3S/c23-19-14(5-4-12-24-19)13-18-20(27)25-22(30)26(21(18)28)15-8-10-17(11-9-15)29-16-6-2-1-3-7-16/h1-13H,(H,25,27,30). The maximum Gasteiger partial charge on any atom is 0.270 e. The van der Waals surface area contributed by atoms with Crippen molar-refractivity contribution in [3.8, 4) is 11.5 Å². The first kappa shape index (κ1) is 19.4. The summed E-state index contributed by atoms with van der Waals surface area (Å²) in [4.78, 5) is 30.0. The van der Waals surface area contributed by atoms with Crippen LogP contribution < -0.4 is 15.0 Å². The monoisotopic (exact) mass is 419 g/mol. The van der Waals surface area contributed by atoms with E-state index in [2.05, 4.69) is 10.3 Å². The zero-order chi connectivity index (χ0) is 21.1. The third-order valence-electron chi connectivity index (χ3n) is 4.26. The van der Waals surface area contributed by atoms with Gasteiger partial charge in [0.2, 0.25) is 5.95 Å². The topological polar surface area (TPSA) is 71.5 Å². The molecule has 1 N–H and O–H groups in total. The van der Waals surface area contributed by atoms with Crippen molar-refractivity contribution in [1.29, 1.82) is 0 Å². The van der Waals surface area contributed by atoms with Crippen LogP contribution in [0.4, 0.5) is 10.1 Å². The molecule has 148 valence electrons. The number of carbonyl (C=O) groups excluding carboxylic acids is 2. The van der Waals surface area contributed by atoms with Gasteiger partial charge in [-0.2, -0.15) is 4.39 Å². The number of pyridine rings is 1. The lowest BCUT2D eigenvalue weighted by Gasteiger charge is -2.29. The van der Waals surface area contributed by atoms with Crippen LogP contribution in [-0.2, 0) is 9.59 Å². The molecule has 3 aromatic rings. The average Bonchev–Trinajstić information content (AvgIpc) is 2.74. The van der Waals surface area contributed by atoms with Crippen LogP contribution in [0, 0.1) is 5.95 Å². The lowest BCUT2D eigenvalue weighted by Crippen LogP contribution is -2.54. The van der Waals surface area contributed by atoms with E-state index < -0.39 is 17.8 Å². The van der Waals surface area contributed by atoms with Gasteiger partial charge in [-0.05, 0) is 66.8 Å². The molecule has 1 aliphatic heterocycles. The fourth-order valence-electron chi connectivity index (χ4n) is 2.84. The fraction of sp³-hybridized carbons (Fsp3) is 0. The highest BCUT2D eigenvalue weighted by molar-refractivity contribution is 7.80. The van der Waals surface area contributed by atoms with Gasteiger partial charge in [-0.15, -0.1) is 0 Å². The molecule has 0 unspecified atom stereocenters. The third-order valence-corrected chi connectivity index (χ3v) is 4.55. The van der Waals surface area contributed by atoms with Gasteiger partial charge in [0.05, 0.1) is 5.69 Å². The largest absolute Gasteiger partial charge is 0.457 e. The molecule has 1 aromatic heterocycles. The van der Waals surface area contributed by atoms with Gasteiger partial charge < -0.3 is 4.74 Å². The van der Waals surface area contributed by atoms with E-state index in [1.807, 2.05) is 30.3 Å². The minimum atomic E-state index is -0.785. The number of nitrogens with zero attached hydrogens (tertiary/aromatic N) is 2. The van der Waals surface area contributed by atoms with Crippen molar-refractivity contribution < 1.29 is 18.7 Å². The molecule has 6 nitrogen and oxygen atoms in total. The summed E-state index contributed by atoms with van der Waals surface area (Å²) in [6, 6.07) is 18.8. The van der Waals surface area contributed by atoms with Crippen molar-refractivity contribution in [2.45, 2.75) is 0 Å². The second-order valence-corrected chi connectivity index (χ2v) is 6.64. The number of benzene rings is 2. The van der Waals surface area contributed by atoms with Crippen molar-refractivity contribution in [3.05, 3.63) is 90.0 Å². The van der Waals surface area contributed by atoms with Crippen LogP contribution in [0.25, 0.3) is 6.08 Å². The highest BCUT2D eigenvalue weighted by Crippen LogP contribution is 2.27. The van der Waals surface area contributed by atoms with Gasteiger partial charge in [-0.1, -0.05) is 18.2 Å². The second-order valence-electron chi connectivity index (χ2n) is 6.25. The Bertz CT molecular complexity index is 1160. The van der Waals surface area contributed by atoms with E-state index in [1.54, 1.807) is 24.3 Å². The summed E-state index contributed by atoms with van der Waals surface area (Å²) in [5.74, 6) is -0.909. The Hall–Kier alpha value is -3.91. The van der Waals surface area contributed by atoms with Crippen LogP contribution >= 0.6 is 12.2 Å². The van der Waals surface area contributed by atoms with Gasteiger partial charge in [0.1, 0.15) is 17.1 Å². The van der Waals surface area contributed by atoms with E-state index in [4.69, 9.17) is 17.0 Å². The van der Waals surface area contributed by atoms with Gasteiger partial charge in [0.15, 0.2) is 5.11 Å². The molecule has 30 heavy (non-hydrogen) atoms. The minimum Gasteiger partial charge on any atom is -0.457 e. The van der Waals surface area contributed by atoms with Crippen LogP contribution in [0.3, 0.4) is 0 Å². The number of anilines is 1. The molecule has 4 rings (SSSR count). The van der Waals surface area contributed by atoms with Crippen LogP contribution in [0.5, 0.6) is 11.5 Å². The molecule has 1 fully saturated rings. The lowest BCUT2D eigenvalue weighted by molar-refractivity contribution is -0.122. The zero-order valence-electron chi connectivity index (χ0n) is 15.4. The van der Waals surface area contributed by atoms with Crippen molar-refractivity contribution in [3.63, 3.8) is 0 Å². The molecule has 1 aliphatic rings. The number of para-hydroxylation sites is 1. The number of ether oxygens (including phenoxy) is 1. The zero-order valence-corrected chi connectivity index (χ0v) is 16.2. The number of hydrogen-bond acceptors (Lipinski definition) is 5. The highest BCUT2D eigenvalue weighted by atomic mass is 32.1. The van der Waals surface area contributed by atoms with E-state index >= 15 is 0 Å². The normalized spacial score (nSPS) is 15.3. The Balaban J connectivity index is 1.61. The Morgan fingerprint density at radius 3 is 2.37 bits per heavy atom. The van der Waals surface area contributed by atoms with Crippen molar-refractivity contribution >= 4 is 40.9 Å². The molecule has 0 bridgehead atoms. The van der Waals surface area contributed by atoms with E-state index in [1.165, 1.54) is 23.2 Å². The number of thiocarbonyl (C=S) groups is 1. The highest BCUT2D eigenvalue weighted by Gasteiger charge is 2.34. The second kappa shape index (κ2) is 8.22. The van der Waals surface area contributed by atoms with Gasteiger partial charge in [-0.3, -0.25) is 19.8 Å². The number of halogens is 1. The number of aromatic nitrogens is 1. The molecule has 0 spiro atoms. The summed E-state index contributed by atoms with van der Waals surface area (Å²) in [5, 5.41) is 2.39. The first-order valence-corrected chi connectivity index (χ1v) is 9.29. The smallest absolute Gasteiger partial charge is 0.270 e. The van der Waals surface area contributed by atoms with Gasteiger partial charge in [0.25, 0.3) is 11.8 Å². The van der Waals surface area contributed by atoms with E-state index in [0.29, 0.717) is 17.2 Å². The maximum absolute atomic E-state index is 13.9. The van der Waals surface area contributed by atoms with Crippen molar-refractivity contribution in [2.24, 2.45) is 0 Å². The summed E-state index contributed by atoms with van der Waals surface area (Å²) in [6.45, 7) is 0. The molecule has 1 saturated heterocycles. The van der Waals surface area contributed by atoms with Crippen LogP contribution in [0.1, 0.15) is 5.56 Å². The first-order valence-electron chi connectivity index (χ1n) is 8.88. The molecule has 0 atom stereocenters. The molecule has 2 heterocycles. The molecular weight excluding hydrogens is 405 g/mol. The third kappa shape index (κ3) is 3.94. The van der Waals surface area contributed by atoms with Gasteiger partial charge in [0, 0.05) is 11.8 Å². The molecule has 0 aliphatic carbocycles. The predicted octanol–water partition coefficient (Wildman–Crippen LogP) is 3.84. The number of rotatable bonds is 4. The summed E-state index contributed by atoms with van der Waals surface area (Å²) in [7, 11) is 0. The first-order chi connectivity index (χ1) is 14.5. The number of nitrogens with one attached hydrogen (secondary N) is 1. The Morgan fingerprint density at radius 1 is 0.967 bits per heavy atom. The van der Waals surface area contributed by atoms with Crippen LogP contribution in [-0.4, -0.2) is 21.9 Å². The molecular formula is C22H14FN3O3S. The minimum absolute atomic E-state index is 0.0235. The van der Waals surface area contributed by atoms with E-state index in [0.717, 1.165) is 6.08 Å². The van der Waals surface area contributed by atoms with Crippen LogP contribution in [0.15, 0.2) is 78.5 Å². The number of amides is 2. The molecule has 8 heteroatoms. The van der Waals surface area contributed by atoms with Crippen LogP contribution in [0.2, 0.25) is 0 Å². The summed E-state index contributed by atoms with van der Waals surface area (Å²) < 4.78 is 19.6. The fourth-order valence-corrected chi connectivity index (χ4v) is 3.12. The summed E-state index contributed by atoms with van der Waals surface area (Å²) >= 11 is 5.17. The summed E-state index contributed by atoms with van der Waals surface area (Å²) in [5.41, 5.74) is 0.207. The summed E-state index contributed by atoms with van der Waals surface area (Å²) in [6.07, 6.45) is 2.43. The SMILES string of the molecule is O=C1NC(=S)N(c2ccc(Oc3ccccc3)cc2)C(=O)C1=Cc1cccnc1F.